The van der Waals surface area contributed by atoms with Gasteiger partial charge >= 0.3 is 0 Å². The maximum atomic E-state index is 13.4. The zero-order valence-corrected chi connectivity index (χ0v) is 24.7. The smallest absolute Gasteiger partial charge is 0.254 e. The van der Waals surface area contributed by atoms with Crippen LogP contribution in [0.2, 0.25) is 0 Å². The van der Waals surface area contributed by atoms with Gasteiger partial charge < -0.3 is 15.3 Å². The van der Waals surface area contributed by atoms with E-state index >= 15 is 0 Å². The van der Waals surface area contributed by atoms with Crippen LogP contribution in [-0.2, 0) is 23.1 Å². The molecule has 38 heavy (non-hydrogen) atoms. The molecule has 208 valence electrons. The molecule has 0 saturated carbocycles. The second-order valence-corrected chi connectivity index (χ2v) is 13.0. The predicted octanol–water partition coefficient (Wildman–Crippen LogP) is 5.49. The van der Waals surface area contributed by atoms with E-state index in [2.05, 4.69) is 26.1 Å². The lowest BCUT2D eigenvalue weighted by Crippen LogP contribution is -2.47. The second kappa shape index (κ2) is 12.2. The van der Waals surface area contributed by atoms with Gasteiger partial charge in [-0.05, 0) is 82.2 Å². The first kappa shape index (κ1) is 31.2. The Morgan fingerprint density at radius 1 is 0.842 bits per heavy atom. The highest BCUT2D eigenvalue weighted by molar-refractivity contribution is 5.98. The van der Waals surface area contributed by atoms with Crippen molar-refractivity contribution in [2.45, 2.75) is 98.1 Å². The molecular formula is C32H46N2O4. The number of aliphatic hydroxyl groups is 1. The van der Waals surface area contributed by atoms with Crippen LogP contribution >= 0.6 is 0 Å². The van der Waals surface area contributed by atoms with E-state index in [-0.39, 0.29) is 54.5 Å². The third-order valence-electron chi connectivity index (χ3n) is 6.40. The van der Waals surface area contributed by atoms with Crippen LogP contribution < -0.4 is 5.32 Å². The highest BCUT2D eigenvalue weighted by atomic mass is 16.3. The summed E-state index contributed by atoms with van der Waals surface area (Å²) in [6, 6.07) is 13.1. The first-order chi connectivity index (χ1) is 17.4. The molecule has 2 aromatic carbocycles. The number of hydrogen-bond donors (Lipinski definition) is 2. The van der Waals surface area contributed by atoms with Crippen molar-refractivity contribution in [2.24, 2.45) is 0 Å². The topological polar surface area (TPSA) is 86.7 Å². The summed E-state index contributed by atoms with van der Waals surface area (Å²) in [4.78, 5) is 41.3. The Morgan fingerprint density at radius 3 is 2.03 bits per heavy atom. The fraction of sp³-hybridized carbons (Fsp3) is 0.531. The first-order valence-electron chi connectivity index (χ1n) is 13.4. The summed E-state index contributed by atoms with van der Waals surface area (Å²) < 4.78 is 0. The van der Waals surface area contributed by atoms with Crippen molar-refractivity contribution in [1.29, 1.82) is 0 Å². The molecule has 0 aliphatic rings. The van der Waals surface area contributed by atoms with Gasteiger partial charge in [0.15, 0.2) is 0 Å². The molecule has 0 bridgehead atoms. The van der Waals surface area contributed by atoms with E-state index in [1.54, 1.807) is 17.0 Å². The number of ketones is 1. The summed E-state index contributed by atoms with van der Waals surface area (Å²) in [6.07, 6.45) is 0.820. The third-order valence-corrected chi connectivity index (χ3v) is 6.40. The van der Waals surface area contributed by atoms with Crippen LogP contribution in [0.4, 0.5) is 0 Å². The molecule has 0 spiro atoms. The predicted molar refractivity (Wildman–Crippen MR) is 154 cm³/mol. The molecule has 2 aromatic rings. The molecule has 0 radical (unpaired) electrons. The molecule has 0 saturated heterocycles. The van der Waals surface area contributed by atoms with Gasteiger partial charge in [0.05, 0.1) is 6.61 Å². The highest BCUT2D eigenvalue weighted by Gasteiger charge is 2.28. The number of Topliss-reactive ketones (excluding diaryl/α,β-unsaturated/α-hetero) is 1. The highest BCUT2D eigenvalue weighted by Crippen LogP contribution is 2.26. The Labute approximate surface area is 228 Å². The number of aryl methyl sites for hydroxylation is 1. The Morgan fingerprint density at radius 2 is 1.47 bits per heavy atom. The summed E-state index contributed by atoms with van der Waals surface area (Å²) >= 11 is 0. The Hall–Kier alpha value is -2.99. The van der Waals surface area contributed by atoms with Crippen LogP contribution in [-0.4, -0.2) is 51.8 Å². The van der Waals surface area contributed by atoms with E-state index in [0.29, 0.717) is 23.1 Å². The normalized spacial score (nSPS) is 12.3. The lowest BCUT2D eigenvalue weighted by atomic mass is 9.84. The van der Waals surface area contributed by atoms with Crippen LogP contribution in [0.5, 0.6) is 0 Å². The van der Waals surface area contributed by atoms with Gasteiger partial charge in [-0.2, -0.15) is 0 Å². The molecule has 6 nitrogen and oxygen atoms in total. The van der Waals surface area contributed by atoms with Crippen molar-refractivity contribution in [3.8, 4) is 0 Å². The van der Waals surface area contributed by atoms with E-state index < -0.39 is 5.54 Å². The molecule has 0 fully saturated rings. The van der Waals surface area contributed by atoms with E-state index in [1.807, 2.05) is 71.9 Å². The lowest BCUT2D eigenvalue weighted by molar-refractivity contribution is -0.118. The zero-order chi connectivity index (χ0) is 28.9. The fourth-order valence-corrected chi connectivity index (χ4v) is 4.33. The van der Waals surface area contributed by atoms with Gasteiger partial charge in [-0.15, -0.1) is 0 Å². The summed E-state index contributed by atoms with van der Waals surface area (Å²) in [5, 5.41) is 12.5. The van der Waals surface area contributed by atoms with Gasteiger partial charge in [0, 0.05) is 41.6 Å². The molecule has 2 rings (SSSR count). The molecule has 0 aromatic heterocycles. The van der Waals surface area contributed by atoms with Crippen LogP contribution in [0.1, 0.15) is 106 Å². The van der Waals surface area contributed by atoms with Crippen molar-refractivity contribution in [2.75, 3.05) is 13.2 Å². The average Bonchev–Trinajstić information content (AvgIpc) is 2.78. The number of aliphatic hydroxyl groups excluding tert-OH is 1. The minimum atomic E-state index is -0.472. The number of nitrogens with one attached hydrogen (secondary N) is 1. The van der Waals surface area contributed by atoms with Gasteiger partial charge in [-0.3, -0.25) is 14.4 Å². The van der Waals surface area contributed by atoms with Gasteiger partial charge in [0.1, 0.15) is 5.78 Å². The number of amides is 2. The molecule has 6 heteroatoms. The van der Waals surface area contributed by atoms with E-state index in [0.717, 1.165) is 11.1 Å². The number of hydrogen-bond acceptors (Lipinski definition) is 4. The SMILES string of the molecule is CC(C)(C)NC(=O)c1cc(C(C)(C)C)ccc1CCC(=O)Cc1ccccc1C(=O)N(CCO)C(C)(C)C. The first-order valence-corrected chi connectivity index (χ1v) is 13.4. The Kier molecular flexibility index (Phi) is 10.1. The molecule has 0 atom stereocenters. The van der Waals surface area contributed by atoms with E-state index in [9.17, 15) is 19.5 Å². The van der Waals surface area contributed by atoms with Crippen LogP contribution in [0, 0.1) is 0 Å². The molecule has 2 N–H and O–H groups in total. The van der Waals surface area contributed by atoms with Crippen molar-refractivity contribution in [3.63, 3.8) is 0 Å². The summed E-state index contributed by atoms with van der Waals surface area (Å²) in [5.41, 5.74) is 2.67. The van der Waals surface area contributed by atoms with Crippen LogP contribution in [0.3, 0.4) is 0 Å². The van der Waals surface area contributed by atoms with Gasteiger partial charge in [0.2, 0.25) is 0 Å². The monoisotopic (exact) mass is 522 g/mol. The third kappa shape index (κ3) is 8.80. The van der Waals surface area contributed by atoms with Crippen LogP contribution in [0.25, 0.3) is 0 Å². The number of carbonyl (C=O) groups is 3. The van der Waals surface area contributed by atoms with Gasteiger partial charge in [0.25, 0.3) is 11.8 Å². The van der Waals surface area contributed by atoms with Gasteiger partial charge in [-0.1, -0.05) is 51.1 Å². The van der Waals surface area contributed by atoms with E-state index in [4.69, 9.17) is 0 Å². The molecule has 2 amide bonds. The number of β-amino-alcohol motifs (C(OH)–C–C–N with tert-alkyl or cyclic N) is 1. The molecule has 0 aliphatic carbocycles. The zero-order valence-electron chi connectivity index (χ0n) is 24.7. The quantitative estimate of drug-likeness (QED) is 0.456. The van der Waals surface area contributed by atoms with Crippen LogP contribution in [0.15, 0.2) is 42.5 Å². The standard InChI is InChI=1S/C32H46N2O4/c1-30(2,3)24-16-14-22(27(21-24)28(37)33-31(4,5)6)15-17-25(36)20-23-12-10-11-13-26(23)29(38)34(18-19-35)32(7,8)9/h10-14,16,21,35H,15,17-20H2,1-9H3,(H,33,37). The lowest BCUT2D eigenvalue weighted by Gasteiger charge is -2.35. The Balaban J connectivity index is 2.27. The van der Waals surface area contributed by atoms with Crippen molar-refractivity contribution >= 4 is 17.6 Å². The summed E-state index contributed by atoms with van der Waals surface area (Å²) in [5.74, 6) is -0.348. The minimum absolute atomic E-state index is 0.00297. The van der Waals surface area contributed by atoms with Gasteiger partial charge in [-0.25, -0.2) is 0 Å². The minimum Gasteiger partial charge on any atom is -0.395 e. The summed E-state index contributed by atoms with van der Waals surface area (Å²) in [6.45, 7) is 18.0. The largest absolute Gasteiger partial charge is 0.395 e. The summed E-state index contributed by atoms with van der Waals surface area (Å²) in [7, 11) is 0. The molecule has 0 unspecified atom stereocenters. The fourth-order valence-electron chi connectivity index (χ4n) is 4.33. The Bertz CT molecular complexity index is 1150. The van der Waals surface area contributed by atoms with Crippen molar-refractivity contribution in [3.05, 3.63) is 70.3 Å². The second-order valence-electron chi connectivity index (χ2n) is 13.0. The molecule has 0 aliphatic heterocycles. The molecular weight excluding hydrogens is 476 g/mol. The van der Waals surface area contributed by atoms with Crippen molar-refractivity contribution in [1.82, 2.24) is 10.2 Å². The number of nitrogens with zero attached hydrogens (tertiary/aromatic N) is 1. The average molecular weight is 523 g/mol. The maximum absolute atomic E-state index is 13.4. The maximum Gasteiger partial charge on any atom is 0.254 e. The number of rotatable bonds is 9. The van der Waals surface area contributed by atoms with Crippen molar-refractivity contribution < 1.29 is 19.5 Å². The number of benzene rings is 2. The van der Waals surface area contributed by atoms with E-state index in [1.165, 1.54) is 0 Å². The number of carbonyl (C=O) groups excluding carboxylic acids is 3. The molecule has 0 heterocycles.